The second-order valence-corrected chi connectivity index (χ2v) is 8.36. The first-order chi connectivity index (χ1) is 15.0. The molecule has 8 nitrogen and oxygen atoms in total. The molecule has 1 aromatic carbocycles. The van der Waals surface area contributed by atoms with E-state index in [1.807, 2.05) is 0 Å². The van der Waals surface area contributed by atoms with Gasteiger partial charge in [-0.3, -0.25) is 23.7 Å². The van der Waals surface area contributed by atoms with E-state index in [-0.39, 0.29) is 18.1 Å². The lowest BCUT2D eigenvalue weighted by Gasteiger charge is -2.21. The third-order valence-corrected chi connectivity index (χ3v) is 6.39. The fourth-order valence-electron chi connectivity index (χ4n) is 3.87. The van der Waals surface area contributed by atoms with Gasteiger partial charge in [-0.15, -0.1) is 11.3 Å². The van der Waals surface area contributed by atoms with Crippen molar-refractivity contribution in [3.05, 3.63) is 56.8 Å². The van der Waals surface area contributed by atoms with E-state index in [1.54, 1.807) is 37.3 Å². The van der Waals surface area contributed by atoms with Crippen LogP contribution in [0.1, 0.15) is 47.1 Å². The Balaban J connectivity index is 1.91. The predicted octanol–water partition coefficient (Wildman–Crippen LogP) is 3.16. The number of benzene rings is 1. The minimum Gasteiger partial charge on any atom is -0.480 e. The zero-order chi connectivity index (χ0) is 22.0. The molecule has 0 radical (unpaired) electrons. The zero-order valence-electron chi connectivity index (χ0n) is 17.2. The summed E-state index contributed by atoms with van der Waals surface area (Å²) < 4.78 is 7.10. The highest BCUT2D eigenvalue weighted by atomic mass is 32.1. The number of amides is 1. The molecule has 1 aliphatic carbocycles. The van der Waals surface area contributed by atoms with Crippen LogP contribution in [0.25, 0.3) is 4.96 Å². The van der Waals surface area contributed by atoms with Crippen LogP contribution in [0.3, 0.4) is 0 Å². The molecule has 2 heterocycles. The molecule has 3 aromatic rings. The molecule has 0 atom stereocenters. The molecule has 1 N–H and O–H groups in total. The minimum atomic E-state index is -1.19. The molecular formula is C22H23N3O5S. The first-order valence-corrected chi connectivity index (χ1v) is 11.1. The second-order valence-electron chi connectivity index (χ2n) is 7.30. The summed E-state index contributed by atoms with van der Waals surface area (Å²) in [7, 11) is 0. The number of hydrogen-bond donors (Lipinski definition) is 1. The van der Waals surface area contributed by atoms with Gasteiger partial charge in [0.2, 0.25) is 5.88 Å². The van der Waals surface area contributed by atoms with Crippen molar-refractivity contribution in [3.8, 4) is 5.88 Å². The van der Waals surface area contributed by atoms with Gasteiger partial charge in [0.25, 0.3) is 11.5 Å². The first kappa shape index (κ1) is 21.0. The van der Waals surface area contributed by atoms with Crippen LogP contribution in [0, 0.1) is 0 Å². The van der Waals surface area contributed by atoms with Crippen LogP contribution in [0.5, 0.6) is 5.88 Å². The van der Waals surface area contributed by atoms with Gasteiger partial charge in [0.1, 0.15) is 6.54 Å². The van der Waals surface area contributed by atoms with Gasteiger partial charge in [0, 0.05) is 16.3 Å². The van der Waals surface area contributed by atoms with Gasteiger partial charge in [0.15, 0.2) is 10.5 Å². The van der Waals surface area contributed by atoms with Crippen molar-refractivity contribution in [1.82, 2.24) is 9.38 Å². The summed E-state index contributed by atoms with van der Waals surface area (Å²) in [5.74, 6) is -1.98. The monoisotopic (exact) mass is 441 g/mol. The van der Waals surface area contributed by atoms with E-state index in [2.05, 4.69) is 4.98 Å². The number of para-hydroxylation sites is 1. The highest BCUT2D eigenvalue weighted by Crippen LogP contribution is 2.30. The Hall–Kier alpha value is -3.20. The molecule has 0 unspecified atom stereocenters. The Morgan fingerprint density at radius 1 is 1.19 bits per heavy atom. The molecule has 0 bridgehead atoms. The molecule has 2 aromatic heterocycles. The van der Waals surface area contributed by atoms with E-state index in [0.717, 1.165) is 47.6 Å². The zero-order valence-corrected chi connectivity index (χ0v) is 18.0. The number of hydrogen-bond acceptors (Lipinski definition) is 6. The number of carboxylic acids is 1. The number of rotatable bonds is 6. The normalized spacial score (nSPS) is 13.5. The number of aryl methyl sites for hydroxylation is 2. The summed E-state index contributed by atoms with van der Waals surface area (Å²) >= 11 is 1.46. The lowest BCUT2D eigenvalue weighted by molar-refractivity contribution is -0.135. The number of carboxylic acid groups (broad SMARTS) is 1. The van der Waals surface area contributed by atoms with Crippen LogP contribution in [-0.2, 0) is 17.6 Å². The first-order valence-electron chi connectivity index (χ1n) is 10.3. The van der Waals surface area contributed by atoms with Gasteiger partial charge < -0.3 is 9.84 Å². The number of ether oxygens (including phenoxy) is 1. The maximum absolute atomic E-state index is 13.6. The Morgan fingerprint density at radius 2 is 1.94 bits per heavy atom. The van der Waals surface area contributed by atoms with Crippen molar-refractivity contribution in [2.45, 2.75) is 39.0 Å². The van der Waals surface area contributed by atoms with Crippen molar-refractivity contribution >= 4 is 33.9 Å². The Kier molecular flexibility index (Phi) is 6.03. The number of thiazole rings is 1. The third kappa shape index (κ3) is 4.05. The number of aliphatic carboxylic acids is 1. The van der Waals surface area contributed by atoms with Gasteiger partial charge in [-0.1, -0.05) is 24.6 Å². The Bertz CT molecular complexity index is 1190. The van der Waals surface area contributed by atoms with Crippen molar-refractivity contribution in [3.63, 3.8) is 0 Å². The number of fused-ring (bicyclic) bond motifs is 3. The van der Waals surface area contributed by atoms with Crippen LogP contribution in [0.4, 0.5) is 5.69 Å². The summed E-state index contributed by atoms with van der Waals surface area (Å²) in [6.07, 6.45) is 4.74. The summed E-state index contributed by atoms with van der Waals surface area (Å²) in [5.41, 5.74) is 0.529. The molecule has 0 spiro atoms. The molecule has 1 aliphatic rings. The Morgan fingerprint density at radius 3 is 2.65 bits per heavy atom. The molecule has 162 valence electrons. The third-order valence-electron chi connectivity index (χ3n) is 5.24. The predicted molar refractivity (Wildman–Crippen MR) is 118 cm³/mol. The maximum atomic E-state index is 13.6. The van der Waals surface area contributed by atoms with E-state index in [9.17, 15) is 19.5 Å². The smallest absolute Gasteiger partial charge is 0.323 e. The topological polar surface area (TPSA) is 101 Å². The van der Waals surface area contributed by atoms with E-state index in [1.165, 1.54) is 15.7 Å². The lowest BCUT2D eigenvalue weighted by Crippen LogP contribution is -2.40. The molecule has 0 fully saturated rings. The number of anilines is 1. The lowest BCUT2D eigenvalue weighted by atomic mass is 10.2. The average molecular weight is 442 g/mol. The van der Waals surface area contributed by atoms with Crippen molar-refractivity contribution in [1.29, 1.82) is 0 Å². The molecule has 31 heavy (non-hydrogen) atoms. The van der Waals surface area contributed by atoms with Gasteiger partial charge in [-0.05, 0) is 44.7 Å². The Labute approximate surface area is 182 Å². The van der Waals surface area contributed by atoms with E-state index < -0.39 is 24.0 Å². The van der Waals surface area contributed by atoms with E-state index in [0.29, 0.717) is 10.6 Å². The molecular weight excluding hydrogens is 418 g/mol. The number of aromatic nitrogens is 2. The number of carbonyl (C=O) groups excluding carboxylic acids is 1. The molecule has 0 saturated heterocycles. The highest BCUT2D eigenvalue weighted by molar-refractivity contribution is 7.17. The van der Waals surface area contributed by atoms with Crippen LogP contribution in [0.2, 0.25) is 0 Å². The van der Waals surface area contributed by atoms with Crippen LogP contribution in [0.15, 0.2) is 35.1 Å². The highest BCUT2D eigenvalue weighted by Gasteiger charge is 2.30. The van der Waals surface area contributed by atoms with Gasteiger partial charge in [0.05, 0.1) is 6.61 Å². The van der Waals surface area contributed by atoms with E-state index >= 15 is 0 Å². The van der Waals surface area contributed by atoms with Gasteiger partial charge in [-0.2, -0.15) is 4.98 Å². The van der Waals surface area contributed by atoms with Crippen molar-refractivity contribution in [2.75, 3.05) is 18.1 Å². The van der Waals surface area contributed by atoms with Crippen LogP contribution in [-0.4, -0.2) is 39.5 Å². The van der Waals surface area contributed by atoms with Gasteiger partial charge >= 0.3 is 5.97 Å². The fourth-order valence-corrected chi connectivity index (χ4v) is 5.06. The summed E-state index contributed by atoms with van der Waals surface area (Å²) in [6, 6.07) is 8.42. The van der Waals surface area contributed by atoms with Crippen LogP contribution < -0.4 is 15.2 Å². The quantitative estimate of drug-likeness (QED) is 0.590. The van der Waals surface area contributed by atoms with Crippen molar-refractivity contribution < 1.29 is 19.4 Å². The number of carbonyl (C=O) groups is 2. The second kappa shape index (κ2) is 8.89. The van der Waals surface area contributed by atoms with Crippen LogP contribution >= 0.6 is 11.3 Å². The fraction of sp³-hybridized carbons (Fsp3) is 0.364. The molecule has 0 saturated carbocycles. The maximum Gasteiger partial charge on any atom is 0.323 e. The molecule has 0 aliphatic heterocycles. The average Bonchev–Trinajstić information content (AvgIpc) is 2.94. The minimum absolute atomic E-state index is 0.0553. The largest absolute Gasteiger partial charge is 0.480 e. The van der Waals surface area contributed by atoms with Gasteiger partial charge in [-0.25, -0.2) is 0 Å². The van der Waals surface area contributed by atoms with Crippen molar-refractivity contribution in [2.24, 2.45) is 0 Å². The molecule has 9 heteroatoms. The standard InChI is InChI=1S/C22H23N3O5S/c1-2-30-19-18(20(28)24(13-17(26)27)14-9-5-3-6-10-14)21(29)25-15-11-7-4-8-12-16(15)31-22(25)23-19/h3,5-6,9-10H,2,4,7-8,11-13H2,1H3,(H,26,27). The molecule has 1 amide bonds. The molecule has 4 rings (SSSR count). The summed E-state index contributed by atoms with van der Waals surface area (Å²) in [4.78, 5) is 45.8. The van der Waals surface area contributed by atoms with E-state index in [4.69, 9.17) is 4.74 Å². The summed E-state index contributed by atoms with van der Waals surface area (Å²) in [5, 5.41) is 9.39. The summed E-state index contributed by atoms with van der Waals surface area (Å²) in [6.45, 7) is 1.38. The SMILES string of the molecule is CCOc1nc2sc3c(n2c(=O)c1C(=O)N(CC(=O)O)c1ccccc1)CCCCC3. The number of nitrogens with zero attached hydrogens (tertiary/aromatic N) is 3.